The van der Waals surface area contributed by atoms with Crippen LogP contribution in [0.4, 0.5) is 4.39 Å². The normalized spacial score (nSPS) is 29.2. The molecule has 0 amide bonds. The summed E-state index contributed by atoms with van der Waals surface area (Å²) in [6.07, 6.45) is 5.94. The highest BCUT2D eigenvalue weighted by Gasteiger charge is 2.20. The Morgan fingerprint density at radius 2 is 2.25 bits per heavy atom. The van der Waals surface area contributed by atoms with Gasteiger partial charge in [-0.25, -0.2) is 4.39 Å². The number of likely N-dealkylation sites (tertiary alicyclic amines) is 1. The lowest BCUT2D eigenvalue weighted by molar-refractivity contribution is 0.242. The Morgan fingerprint density at radius 3 is 2.75 bits per heavy atom. The smallest absolute Gasteiger partial charge is 0.105 e. The molecule has 12 heavy (non-hydrogen) atoms. The van der Waals surface area contributed by atoms with E-state index in [0.717, 1.165) is 25.2 Å². The van der Waals surface area contributed by atoms with Crippen molar-refractivity contribution in [2.24, 2.45) is 5.92 Å². The van der Waals surface area contributed by atoms with Gasteiger partial charge in [-0.2, -0.15) is 0 Å². The zero-order valence-electron chi connectivity index (χ0n) is 7.39. The van der Waals surface area contributed by atoms with Crippen LogP contribution in [-0.2, 0) is 0 Å². The summed E-state index contributed by atoms with van der Waals surface area (Å²) in [5, 5.41) is 0. The van der Waals surface area contributed by atoms with Gasteiger partial charge in [0.25, 0.3) is 0 Å². The molecule has 0 spiro atoms. The number of rotatable bonds is 1. The van der Waals surface area contributed by atoms with Gasteiger partial charge in [0.15, 0.2) is 0 Å². The van der Waals surface area contributed by atoms with E-state index in [2.05, 4.69) is 11.0 Å². The average molecular weight is 167 g/mol. The Hall–Kier alpha value is -0.790. The van der Waals surface area contributed by atoms with E-state index in [1.165, 1.54) is 6.42 Å². The highest BCUT2D eigenvalue weighted by Crippen LogP contribution is 2.28. The Kier molecular flexibility index (Phi) is 1.91. The maximum absolute atomic E-state index is 13.1. The first-order chi connectivity index (χ1) is 5.77. The van der Waals surface area contributed by atoms with Crippen molar-refractivity contribution in [1.29, 1.82) is 0 Å². The van der Waals surface area contributed by atoms with E-state index in [1.54, 1.807) is 6.08 Å². The topological polar surface area (TPSA) is 3.24 Å². The zero-order valence-corrected chi connectivity index (χ0v) is 7.39. The first-order valence-electron chi connectivity index (χ1n) is 4.59. The fourth-order valence-electron chi connectivity index (χ4n) is 1.55. The summed E-state index contributed by atoms with van der Waals surface area (Å²) in [6.45, 7) is 4.13. The van der Waals surface area contributed by atoms with Gasteiger partial charge in [-0.05, 0) is 18.9 Å². The van der Waals surface area contributed by atoms with E-state index in [4.69, 9.17) is 0 Å². The lowest BCUT2D eigenvalue weighted by Gasteiger charge is -2.35. The minimum Gasteiger partial charge on any atom is -0.372 e. The van der Waals surface area contributed by atoms with Crippen LogP contribution >= 0.6 is 0 Å². The van der Waals surface area contributed by atoms with Crippen LogP contribution in [0.1, 0.15) is 19.8 Å². The first-order valence-corrected chi connectivity index (χ1v) is 4.59. The molecular weight excluding hydrogens is 153 g/mol. The molecule has 1 aliphatic heterocycles. The molecule has 1 atom stereocenters. The third-order valence-corrected chi connectivity index (χ3v) is 2.66. The Morgan fingerprint density at radius 1 is 1.50 bits per heavy atom. The molecule has 0 aromatic carbocycles. The van der Waals surface area contributed by atoms with Gasteiger partial charge in [-0.3, -0.25) is 0 Å². The molecule has 1 nitrogen and oxygen atoms in total. The number of allylic oxidation sites excluding steroid dienone is 3. The minimum absolute atomic E-state index is 0.0411. The molecule has 0 N–H and O–H groups in total. The molecule has 2 aliphatic rings. The first kappa shape index (κ1) is 7.84. The quantitative estimate of drug-likeness (QED) is 0.580. The van der Waals surface area contributed by atoms with Crippen molar-refractivity contribution in [3.8, 4) is 0 Å². The Labute approximate surface area is 72.6 Å². The maximum Gasteiger partial charge on any atom is 0.105 e. The fraction of sp³-hybridized carbons (Fsp3) is 0.600. The second kappa shape index (κ2) is 2.92. The maximum atomic E-state index is 13.1. The van der Waals surface area contributed by atoms with E-state index in [0.29, 0.717) is 0 Å². The lowest BCUT2D eigenvalue weighted by atomic mass is 9.98. The van der Waals surface area contributed by atoms with Gasteiger partial charge < -0.3 is 4.90 Å². The van der Waals surface area contributed by atoms with Crippen LogP contribution in [0.2, 0.25) is 0 Å². The third-order valence-electron chi connectivity index (χ3n) is 2.66. The summed E-state index contributed by atoms with van der Waals surface area (Å²) in [7, 11) is 0. The number of nitrogens with zero attached hydrogens (tertiary/aromatic N) is 1. The van der Waals surface area contributed by atoms with Crippen molar-refractivity contribution in [1.82, 2.24) is 4.90 Å². The molecule has 1 fully saturated rings. The van der Waals surface area contributed by atoms with Crippen molar-refractivity contribution < 1.29 is 4.39 Å². The van der Waals surface area contributed by atoms with Gasteiger partial charge >= 0.3 is 0 Å². The van der Waals surface area contributed by atoms with Crippen LogP contribution < -0.4 is 0 Å². The number of hydrogen-bond acceptors (Lipinski definition) is 1. The minimum atomic E-state index is 0.0411. The SMILES string of the molecule is CC1CC=C(N2CCC2)C=C1F. The lowest BCUT2D eigenvalue weighted by Crippen LogP contribution is -2.36. The standard InChI is InChI=1S/C10H14FN/c1-8-3-4-9(7-10(8)11)12-5-2-6-12/h4,7-8H,2-3,5-6H2,1H3. The molecule has 1 saturated heterocycles. The van der Waals surface area contributed by atoms with Gasteiger partial charge in [0.2, 0.25) is 0 Å². The van der Waals surface area contributed by atoms with Gasteiger partial charge in [-0.15, -0.1) is 0 Å². The zero-order chi connectivity index (χ0) is 8.55. The van der Waals surface area contributed by atoms with E-state index in [9.17, 15) is 4.39 Å². The predicted octanol–water partition coefficient (Wildman–Crippen LogP) is 2.47. The van der Waals surface area contributed by atoms with Crippen LogP contribution in [-0.4, -0.2) is 18.0 Å². The summed E-state index contributed by atoms with van der Waals surface area (Å²) in [4.78, 5) is 2.23. The van der Waals surface area contributed by atoms with E-state index in [-0.39, 0.29) is 11.7 Å². The van der Waals surface area contributed by atoms with Gasteiger partial charge in [0.05, 0.1) is 0 Å². The molecule has 0 bridgehead atoms. The van der Waals surface area contributed by atoms with Gasteiger partial charge in [0.1, 0.15) is 5.83 Å². The molecule has 2 heteroatoms. The highest BCUT2D eigenvalue weighted by molar-refractivity contribution is 5.26. The monoisotopic (exact) mass is 167 g/mol. The summed E-state index contributed by atoms with van der Waals surface area (Å²) < 4.78 is 13.1. The molecule has 1 aliphatic carbocycles. The highest BCUT2D eigenvalue weighted by atomic mass is 19.1. The van der Waals surface area contributed by atoms with Crippen molar-refractivity contribution in [3.05, 3.63) is 23.7 Å². The Bertz CT molecular complexity index is 238. The molecule has 1 unspecified atom stereocenters. The molecule has 0 aromatic heterocycles. The van der Waals surface area contributed by atoms with Crippen molar-refractivity contribution in [2.75, 3.05) is 13.1 Å². The van der Waals surface area contributed by atoms with E-state index < -0.39 is 0 Å². The van der Waals surface area contributed by atoms with Crippen LogP contribution in [0, 0.1) is 5.92 Å². The summed E-state index contributed by atoms with van der Waals surface area (Å²) in [6, 6.07) is 0. The van der Waals surface area contributed by atoms with E-state index >= 15 is 0 Å². The molecular formula is C10H14FN. The van der Waals surface area contributed by atoms with E-state index in [1.807, 2.05) is 6.92 Å². The second-order valence-electron chi connectivity index (χ2n) is 3.64. The molecule has 2 rings (SSSR count). The van der Waals surface area contributed by atoms with Crippen molar-refractivity contribution >= 4 is 0 Å². The van der Waals surface area contributed by atoms with Crippen LogP contribution in [0.25, 0.3) is 0 Å². The van der Waals surface area contributed by atoms with Crippen LogP contribution in [0.3, 0.4) is 0 Å². The van der Waals surface area contributed by atoms with Crippen LogP contribution in [0.15, 0.2) is 23.7 Å². The van der Waals surface area contributed by atoms with Gasteiger partial charge in [0, 0.05) is 24.7 Å². The summed E-state index contributed by atoms with van der Waals surface area (Å²) in [5.74, 6) is 0.134. The number of hydrogen-bond donors (Lipinski definition) is 0. The second-order valence-corrected chi connectivity index (χ2v) is 3.64. The number of halogens is 1. The van der Waals surface area contributed by atoms with Gasteiger partial charge in [-0.1, -0.05) is 13.0 Å². The molecule has 66 valence electrons. The van der Waals surface area contributed by atoms with Crippen molar-refractivity contribution in [3.63, 3.8) is 0 Å². The van der Waals surface area contributed by atoms with Crippen molar-refractivity contribution in [2.45, 2.75) is 19.8 Å². The predicted molar refractivity (Wildman–Crippen MR) is 47.2 cm³/mol. The molecule has 0 aromatic rings. The molecule has 0 saturated carbocycles. The largest absolute Gasteiger partial charge is 0.372 e. The summed E-state index contributed by atoms with van der Waals surface area (Å²) in [5.41, 5.74) is 1.09. The molecule has 1 heterocycles. The van der Waals surface area contributed by atoms with Crippen LogP contribution in [0.5, 0.6) is 0 Å². The fourth-order valence-corrected chi connectivity index (χ4v) is 1.55. The third kappa shape index (κ3) is 1.26. The summed E-state index contributed by atoms with van der Waals surface area (Å²) >= 11 is 0. The molecule has 0 radical (unpaired) electrons. The average Bonchev–Trinajstić information content (AvgIpc) is 1.93. The Balaban J connectivity index is 2.08.